The van der Waals surface area contributed by atoms with E-state index >= 15 is 0 Å². The van der Waals surface area contributed by atoms with Gasteiger partial charge in [0.25, 0.3) is 17.6 Å². The Morgan fingerprint density at radius 3 is 2.21 bits per heavy atom. The van der Waals surface area contributed by atoms with Crippen LogP contribution in [-0.4, -0.2) is 41.8 Å². The maximum atomic E-state index is 12.8. The minimum atomic E-state index is -5.01. The molecule has 0 aliphatic carbocycles. The molecule has 0 saturated carbocycles. The summed E-state index contributed by atoms with van der Waals surface area (Å²) < 4.78 is 38.3. The van der Waals surface area contributed by atoms with Gasteiger partial charge in [-0.1, -0.05) is 23.7 Å². The van der Waals surface area contributed by atoms with Crippen molar-refractivity contribution in [1.82, 2.24) is 4.90 Å². The molecule has 1 heterocycles. The van der Waals surface area contributed by atoms with E-state index in [-0.39, 0.29) is 35.6 Å². The summed E-state index contributed by atoms with van der Waals surface area (Å²) in [5.41, 5.74) is 0.210. The molecule has 0 spiro atoms. The third kappa shape index (κ3) is 4.42. The van der Waals surface area contributed by atoms with E-state index in [1.54, 1.807) is 24.3 Å². The molecule has 5 nitrogen and oxygen atoms in total. The van der Waals surface area contributed by atoms with E-state index < -0.39 is 17.5 Å². The maximum Gasteiger partial charge on any atom is 0.454 e. The average molecular weight is 425 g/mol. The highest BCUT2D eigenvalue weighted by molar-refractivity contribution is 6.31. The molecule has 2 amide bonds. The van der Waals surface area contributed by atoms with Crippen molar-refractivity contribution in [2.75, 3.05) is 18.4 Å². The highest BCUT2D eigenvalue weighted by Gasteiger charge is 2.40. The number of carbonyl (C=O) groups is 3. The smallest absolute Gasteiger partial charge is 0.384 e. The van der Waals surface area contributed by atoms with Gasteiger partial charge in [-0.25, -0.2) is 0 Å². The molecule has 2 aromatic carbocycles. The molecule has 3 rings (SSSR count). The minimum Gasteiger partial charge on any atom is -0.384 e. The molecular formula is C20H16ClF3N2O3. The van der Waals surface area contributed by atoms with Crippen molar-refractivity contribution in [3.8, 4) is 0 Å². The molecule has 29 heavy (non-hydrogen) atoms. The van der Waals surface area contributed by atoms with Crippen molar-refractivity contribution in [3.63, 3.8) is 0 Å². The monoisotopic (exact) mass is 424 g/mol. The first-order valence-corrected chi connectivity index (χ1v) is 9.18. The van der Waals surface area contributed by atoms with E-state index in [0.29, 0.717) is 24.0 Å². The summed E-state index contributed by atoms with van der Waals surface area (Å²) in [6.07, 6.45) is -4.09. The lowest BCUT2D eigenvalue weighted by atomic mass is 10.1. The zero-order valence-electron chi connectivity index (χ0n) is 15.1. The van der Waals surface area contributed by atoms with Gasteiger partial charge < -0.3 is 5.32 Å². The normalized spacial score (nSPS) is 13.6. The number of fused-ring (bicyclic) bond motifs is 1. The van der Waals surface area contributed by atoms with E-state index in [0.717, 1.165) is 11.0 Å². The third-order valence-corrected chi connectivity index (χ3v) is 4.72. The van der Waals surface area contributed by atoms with Gasteiger partial charge in [-0.05, 0) is 43.2 Å². The first-order chi connectivity index (χ1) is 13.7. The highest BCUT2D eigenvalue weighted by atomic mass is 35.5. The number of anilines is 1. The Bertz CT molecular complexity index is 941. The molecule has 0 atom stereocenters. The number of ketones is 1. The minimum absolute atomic E-state index is 0.0220. The molecule has 1 aliphatic rings. The fourth-order valence-corrected chi connectivity index (χ4v) is 3.24. The molecule has 0 radical (unpaired) electrons. The summed E-state index contributed by atoms with van der Waals surface area (Å²) >= 11 is 5.72. The number of imide groups is 1. The van der Waals surface area contributed by atoms with Crippen LogP contribution in [0.2, 0.25) is 5.02 Å². The number of amides is 2. The molecule has 0 unspecified atom stereocenters. The standard InChI is InChI=1S/C20H16ClF3N2O3/c21-12-7-8-16(15(11-12)17(27)20(22,23)24)25-9-3-4-10-26-18(28)13-5-1-2-6-14(13)19(26)29/h1-2,5-8,11,25H,3-4,9-10H2. The quantitative estimate of drug-likeness (QED) is 0.401. The van der Waals surface area contributed by atoms with Crippen molar-refractivity contribution < 1.29 is 27.6 Å². The maximum absolute atomic E-state index is 12.8. The van der Waals surface area contributed by atoms with Crippen molar-refractivity contribution in [1.29, 1.82) is 0 Å². The van der Waals surface area contributed by atoms with Crippen molar-refractivity contribution in [2.45, 2.75) is 19.0 Å². The van der Waals surface area contributed by atoms with E-state index in [9.17, 15) is 27.6 Å². The van der Waals surface area contributed by atoms with Crippen LogP contribution in [-0.2, 0) is 0 Å². The zero-order valence-corrected chi connectivity index (χ0v) is 15.8. The molecule has 1 aliphatic heterocycles. The summed E-state index contributed by atoms with van der Waals surface area (Å²) in [5, 5.41) is 2.81. The van der Waals surface area contributed by atoms with Crippen LogP contribution in [0.3, 0.4) is 0 Å². The van der Waals surface area contributed by atoms with Gasteiger partial charge in [-0.15, -0.1) is 0 Å². The Morgan fingerprint density at radius 1 is 1.00 bits per heavy atom. The number of carbonyl (C=O) groups excluding carboxylic acids is 3. The first kappa shape index (κ1) is 20.9. The fraction of sp³-hybridized carbons (Fsp3) is 0.250. The van der Waals surface area contributed by atoms with Gasteiger partial charge in [0.1, 0.15) is 0 Å². The van der Waals surface area contributed by atoms with Gasteiger partial charge in [-0.3, -0.25) is 19.3 Å². The molecule has 152 valence electrons. The summed E-state index contributed by atoms with van der Waals surface area (Å²) in [5.74, 6) is -2.68. The van der Waals surface area contributed by atoms with E-state index in [4.69, 9.17) is 11.6 Å². The number of alkyl halides is 3. The average Bonchev–Trinajstić information content (AvgIpc) is 2.92. The topological polar surface area (TPSA) is 66.5 Å². The predicted molar refractivity (Wildman–Crippen MR) is 101 cm³/mol. The Hall–Kier alpha value is -2.87. The molecule has 0 fully saturated rings. The first-order valence-electron chi connectivity index (χ1n) is 8.80. The lowest BCUT2D eigenvalue weighted by Crippen LogP contribution is -2.31. The van der Waals surface area contributed by atoms with Crippen LogP contribution in [0.5, 0.6) is 0 Å². The van der Waals surface area contributed by atoms with Crippen LogP contribution in [0.15, 0.2) is 42.5 Å². The number of hydrogen-bond donors (Lipinski definition) is 1. The number of nitrogens with one attached hydrogen (secondary N) is 1. The van der Waals surface area contributed by atoms with Crippen molar-refractivity contribution in [2.24, 2.45) is 0 Å². The molecular weight excluding hydrogens is 409 g/mol. The van der Waals surface area contributed by atoms with Crippen molar-refractivity contribution in [3.05, 3.63) is 64.2 Å². The summed E-state index contributed by atoms with van der Waals surface area (Å²) in [6.45, 7) is 0.450. The number of halogens is 4. The van der Waals surface area contributed by atoms with Crippen LogP contribution in [0, 0.1) is 0 Å². The largest absolute Gasteiger partial charge is 0.454 e. The third-order valence-electron chi connectivity index (χ3n) is 4.49. The number of hydrogen-bond acceptors (Lipinski definition) is 4. The molecule has 0 bridgehead atoms. The summed E-state index contributed by atoms with van der Waals surface area (Å²) in [6, 6.07) is 10.2. The van der Waals surface area contributed by atoms with Crippen LogP contribution in [0.1, 0.15) is 43.9 Å². The van der Waals surface area contributed by atoms with Gasteiger partial charge in [0, 0.05) is 23.8 Å². The summed E-state index contributed by atoms with van der Waals surface area (Å²) in [4.78, 5) is 37.3. The van der Waals surface area contributed by atoms with Crippen LogP contribution in [0.4, 0.5) is 18.9 Å². The van der Waals surface area contributed by atoms with Crippen LogP contribution < -0.4 is 5.32 Å². The molecule has 9 heteroatoms. The predicted octanol–water partition coefficient (Wildman–Crippen LogP) is 4.57. The van der Waals surface area contributed by atoms with Crippen molar-refractivity contribution >= 4 is 34.9 Å². The Morgan fingerprint density at radius 2 is 1.62 bits per heavy atom. The van der Waals surface area contributed by atoms with Crippen LogP contribution >= 0.6 is 11.6 Å². The Labute approximate surface area is 169 Å². The van der Waals surface area contributed by atoms with E-state index in [2.05, 4.69) is 5.32 Å². The van der Waals surface area contributed by atoms with Gasteiger partial charge in [0.2, 0.25) is 0 Å². The molecule has 0 saturated heterocycles. The second-order valence-corrected chi connectivity index (χ2v) is 6.89. The zero-order chi connectivity index (χ0) is 21.2. The van der Waals surface area contributed by atoms with Gasteiger partial charge in [0.15, 0.2) is 0 Å². The lowest BCUT2D eigenvalue weighted by Gasteiger charge is -2.15. The van der Waals surface area contributed by atoms with E-state index in [1.165, 1.54) is 12.1 Å². The second-order valence-electron chi connectivity index (χ2n) is 6.46. The molecule has 1 N–H and O–H groups in total. The molecule has 2 aromatic rings. The van der Waals surface area contributed by atoms with Gasteiger partial charge >= 0.3 is 6.18 Å². The fourth-order valence-electron chi connectivity index (χ4n) is 3.07. The second kappa shape index (κ2) is 8.24. The number of rotatable bonds is 7. The highest BCUT2D eigenvalue weighted by Crippen LogP contribution is 2.29. The number of Topliss-reactive ketones (excluding diaryl/α,β-unsaturated/α-hetero) is 1. The lowest BCUT2D eigenvalue weighted by molar-refractivity contribution is -0.0884. The molecule has 0 aromatic heterocycles. The van der Waals surface area contributed by atoms with E-state index in [1.807, 2.05) is 0 Å². The SMILES string of the molecule is O=C1c2ccccc2C(=O)N1CCCCNc1ccc(Cl)cc1C(=O)C(F)(F)F. The Kier molecular flexibility index (Phi) is 5.93. The number of nitrogens with zero attached hydrogens (tertiary/aromatic N) is 1. The number of benzene rings is 2. The van der Waals surface area contributed by atoms with Gasteiger partial charge in [0.05, 0.1) is 16.7 Å². The van der Waals surface area contributed by atoms with Crippen LogP contribution in [0.25, 0.3) is 0 Å². The Balaban J connectivity index is 1.55. The summed E-state index contributed by atoms with van der Waals surface area (Å²) in [7, 11) is 0. The number of unbranched alkanes of at least 4 members (excludes halogenated alkanes) is 1. The van der Waals surface area contributed by atoms with Gasteiger partial charge in [-0.2, -0.15) is 13.2 Å².